The average molecular weight is 1490 g/mol. The summed E-state index contributed by atoms with van der Waals surface area (Å²) < 4.78 is 68.8. The van der Waals surface area contributed by atoms with Crippen LogP contribution in [0.5, 0.6) is 0 Å². The highest BCUT2D eigenvalue weighted by molar-refractivity contribution is 7.47. The smallest absolute Gasteiger partial charge is 0.462 e. The molecule has 0 aliphatic heterocycles. The molecular weight excluding hydrogens is 1330 g/mol. The van der Waals surface area contributed by atoms with Crippen molar-refractivity contribution < 1.29 is 80.2 Å². The summed E-state index contributed by atoms with van der Waals surface area (Å²) in [6, 6.07) is 0. The van der Waals surface area contributed by atoms with E-state index in [-0.39, 0.29) is 25.7 Å². The number of phosphoric ester groups is 2. The maximum Gasteiger partial charge on any atom is 0.472 e. The Morgan fingerprint density at radius 3 is 0.667 bits per heavy atom. The van der Waals surface area contributed by atoms with Gasteiger partial charge in [-0.25, -0.2) is 9.13 Å². The summed E-state index contributed by atoms with van der Waals surface area (Å²) in [4.78, 5) is 73.1. The molecular formula is C83H162O17P2. The molecule has 0 bridgehead atoms. The quantitative estimate of drug-likeness (QED) is 0.0222. The van der Waals surface area contributed by atoms with Crippen LogP contribution < -0.4 is 0 Å². The van der Waals surface area contributed by atoms with Gasteiger partial charge < -0.3 is 33.8 Å². The number of carbonyl (C=O) groups is 4. The number of hydrogen-bond donors (Lipinski definition) is 3. The van der Waals surface area contributed by atoms with Crippen LogP contribution in [-0.2, 0) is 65.4 Å². The lowest BCUT2D eigenvalue weighted by atomic mass is 10.0. The van der Waals surface area contributed by atoms with Crippen molar-refractivity contribution in [3.8, 4) is 0 Å². The van der Waals surface area contributed by atoms with Gasteiger partial charge in [0.05, 0.1) is 26.4 Å². The number of hydrogen-bond acceptors (Lipinski definition) is 15. The Hall–Kier alpha value is -1.94. The van der Waals surface area contributed by atoms with Crippen molar-refractivity contribution in [1.29, 1.82) is 0 Å². The van der Waals surface area contributed by atoms with Crippen LogP contribution in [0.15, 0.2) is 0 Å². The van der Waals surface area contributed by atoms with E-state index in [0.29, 0.717) is 25.7 Å². The Morgan fingerprint density at radius 1 is 0.265 bits per heavy atom. The molecule has 5 atom stereocenters. The molecule has 2 unspecified atom stereocenters. The van der Waals surface area contributed by atoms with Gasteiger partial charge in [0, 0.05) is 25.7 Å². The van der Waals surface area contributed by atoms with Crippen molar-refractivity contribution in [1.82, 2.24) is 0 Å². The Kier molecular flexibility index (Phi) is 71.8. The van der Waals surface area contributed by atoms with Crippen LogP contribution in [0.25, 0.3) is 0 Å². The molecule has 0 rings (SSSR count). The van der Waals surface area contributed by atoms with E-state index in [4.69, 9.17) is 37.0 Å². The van der Waals surface area contributed by atoms with Gasteiger partial charge in [0.15, 0.2) is 12.2 Å². The SMILES string of the molecule is CCCCCCCCCCCCCCCCCCCCC(=O)OC[C@H](COP(=O)(O)OC[C@@H](O)COP(=O)(O)OC[C@@H](COC(=O)CCCCCCCCCCC(C)C)OC(=O)CCCCCCCCCCCCCCC(C)C)OC(=O)CCCCCCCCCCCCCCCCCC(C)C. The Balaban J connectivity index is 5.25. The summed E-state index contributed by atoms with van der Waals surface area (Å²) in [6.45, 7) is 12.0. The first-order chi connectivity index (χ1) is 49.2. The predicted octanol–water partition coefficient (Wildman–Crippen LogP) is 24.9. The normalized spacial score (nSPS) is 13.9. The minimum Gasteiger partial charge on any atom is -0.462 e. The Labute approximate surface area is 626 Å². The third-order valence-corrected chi connectivity index (χ3v) is 21.3. The number of unbranched alkanes of at least 4 members (excludes halogenated alkanes) is 49. The van der Waals surface area contributed by atoms with Crippen LogP contribution in [-0.4, -0.2) is 96.7 Å². The van der Waals surface area contributed by atoms with Crippen molar-refractivity contribution in [3.63, 3.8) is 0 Å². The molecule has 0 aromatic carbocycles. The van der Waals surface area contributed by atoms with Crippen molar-refractivity contribution in [2.75, 3.05) is 39.6 Å². The number of esters is 4. The summed E-state index contributed by atoms with van der Waals surface area (Å²) >= 11 is 0. The van der Waals surface area contributed by atoms with Crippen LogP contribution in [0.4, 0.5) is 0 Å². The molecule has 0 fully saturated rings. The molecule has 19 heteroatoms. The van der Waals surface area contributed by atoms with Crippen molar-refractivity contribution in [3.05, 3.63) is 0 Å². The van der Waals surface area contributed by atoms with Crippen LogP contribution in [0.1, 0.15) is 434 Å². The molecule has 0 spiro atoms. The summed E-state index contributed by atoms with van der Waals surface area (Å²) in [7, 11) is -9.92. The van der Waals surface area contributed by atoms with Crippen LogP contribution >= 0.6 is 15.6 Å². The van der Waals surface area contributed by atoms with Crippen LogP contribution in [0.3, 0.4) is 0 Å². The second-order valence-electron chi connectivity index (χ2n) is 31.3. The maximum atomic E-state index is 13.1. The molecule has 0 amide bonds. The topological polar surface area (TPSA) is 237 Å². The third kappa shape index (κ3) is 76.3. The summed E-state index contributed by atoms with van der Waals surface area (Å²) in [5.41, 5.74) is 0. The molecule has 3 N–H and O–H groups in total. The lowest BCUT2D eigenvalue weighted by molar-refractivity contribution is -0.161. The van der Waals surface area contributed by atoms with E-state index in [0.717, 1.165) is 108 Å². The number of aliphatic hydroxyl groups excluding tert-OH is 1. The number of carbonyl (C=O) groups excluding carboxylic acids is 4. The fraction of sp³-hybridized carbons (Fsp3) is 0.952. The van der Waals surface area contributed by atoms with E-state index in [2.05, 4.69) is 48.5 Å². The second-order valence-corrected chi connectivity index (χ2v) is 34.2. The van der Waals surface area contributed by atoms with Gasteiger partial charge in [0.25, 0.3) is 0 Å². The zero-order valence-corrected chi connectivity index (χ0v) is 68.9. The van der Waals surface area contributed by atoms with Crippen molar-refractivity contribution in [2.24, 2.45) is 17.8 Å². The molecule has 0 aromatic heterocycles. The molecule has 0 saturated carbocycles. The Morgan fingerprint density at radius 2 is 0.451 bits per heavy atom. The van der Waals surface area contributed by atoms with Gasteiger partial charge >= 0.3 is 39.5 Å². The highest BCUT2D eigenvalue weighted by Crippen LogP contribution is 2.45. The molecule has 0 aliphatic rings. The number of ether oxygens (including phenoxy) is 4. The largest absolute Gasteiger partial charge is 0.472 e. The van der Waals surface area contributed by atoms with Crippen LogP contribution in [0.2, 0.25) is 0 Å². The summed E-state index contributed by atoms with van der Waals surface area (Å²) in [5.74, 6) is 0.197. The number of aliphatic hydroxyl groups is 1. The Bertz CT molecular complexity index is 1970. The predicted molar refractivity (Wildman–Crippen MR) is 418 cm³/mol. The van der Waals surface area contributed by atoms with Gasteiger partial charge in [-0.1, -0.05) is 382 Å². The molecule has 0 aliphatic carbocycles. The molecule has 0 radical (unpaired) electrons. The van der Waals surface area contributed by atoms with Crippen LogP contribution in [0, 0.1) is 17.8 Å². The molecule has 0 aromatic rings. The zero-order chi connectivity index (χ0) is 75.1. The molecule has 606 valence electrons. The average Bonchev–Trinajstić information content (AvgIpc) is 0.917. The lowest BCUT2D eigenvalue weighted by Gasteiger charge is -2.21. The van der Waals surface area contributed by atoms with E-state index < -0.39 is 97.5 Å². The first-order valence-electron chi connectivity index (χ1n) is 42.8. The molecule has 102 heavy (non-hydrogen) atoms. The summed E-state index contributed by atoms with van der Waals surface area (Å²) in [5, 5.41) is 10.7. The first-order valence-corrected chi connectivity index (χ1v) is 45.8. The van der Waals surface area contributed by atoms with E-state index in [1.165, 1.54) is 244 Å². The first kappa shape index (κ1) is 100. The highest BCUT2D eigenvalue weighted by atomic mass is 31.2. The van der Waals surface area contributed by atoms with Gasteiger partial charge in [0.2, 0.25) is 0 Å². The van der Waals surface area contributed by atoms with Gasteiger partial charge in [-0.3, -0.25) is 37.3 Å². The fourth-order valence-corrected chi connectivity index (χ4v) is 14.4. The fourth-order valence-electron chi connectivity index (χ4n) is 12.8. The van der Waals surface area contributed by atoms with Crippen molar-refractivity contribution in [2.45, 2.75) is 452 Å². The third-order valence-electron chi connectivity index (χ3n) is 19.4. The van der Waals surface area contributed by atoms with Gasteiger partial charge in [0.1, 0.15) is 19.3 Å². The minimum atomic E-state index is -4.96. The monoisotopic (exact) mass is 1490 g/mol. The summed E-state index contributed by atoms with van der Waals surface area (Å²) in [6.07, 6.45) is 62.5. The van der Waals surface area contributed by atoms with E-state index in [1.54, 1.807) is 0 Å². The van der Waals surface area contributed by atoms with E-state index in [9.17, 15) is 43.2 Å². The number of rotatable bonds is 81. The molecule has 0 heterocycles. The maximum absolute atomic E-state index is 13.1. The van der Waals surface area contributed by atoms with Gasteiger partial charge in [-0.15, -0.1) is 0 Å². The van der Waals surface area contributed by atoms with E-state index >= 15 is 0 Å². The number of phosphoric acid groups is 2. The standard InChI is InChI=1S/C83H162O17P2/c1-8-9-10-11-12-13-14-15-16-17-18-21-24-30-35-43-50-57-64-80(85)93-70-78(99-82(87)66-59-52-45-36-31-25-22-19-20-23-28-33-40-47-54-61-74(2)3)72-97-101(89,90)95-68-77(84)69-96-102(91,92)98-73-79(71-94-81(86)65-58-51-44-39-38-42-49-56-63-76(6)7)100-83(88)67-60-53-46-37-32-27-26-29-34-41-48-55-62-75(4)5/h74-79,84H,8-73H2,1-7H3,(H,89,90)(H,91,92)/t77-,78-,79-/m1/s1. The van der Waals surface area contributed by atoms with Gasteiger partial charge in [-0.05, 0) is 43.4 Å². The highest BCUT2D eigenvalue weighted by Gasteiger charge is 2.30. The molecule has 0 saturated heterocycles. The second kappa shape index (κ2) is 73.2. The minimum absolute atomic E-state index is 0.106. The molecule has 17 nitrogen and oxygen atoms in total. The lowest BCUT2D eigenvalue weighted by Crippen LogP contribution is -2.30. The van der Waals surface area contributed by atoms with E-state index in [1.807, 2.05) is 0 Å². The van der Waals surface area contributed by atoms with Gasteiger partial charge in [-0.2, -0.15) is 0 Å². The zero-order valence-electron chi connectivity index (χ0n) is 67.1. The van der Waals surface area contributed by atoms with Crippen molar-refractivity contribution >= 4 is 39.5 Å².